The fourth-order valence-corrected chi connectivity index (χ4v) is 3.07. The third kappa shape index (κ3) is 4.81. The molecule has 2 atom stereocenters. The number of amides is 2. The summed E-state index contributed by atoms with van der Waals surface area (Å²) in [4.78, 5) is 23.2. The Morgan fingerprint density at radius 2 is 1.64 bits per heavy atom. The van der Waals surface area contributed by atoms with Crippen molar-refractivity contribution in [1.82, 2.24) is 10.0 Å². The Balaban J connectivity index is 2.93. The number of hydrogen-bond acceptors (Lipinski definition) is 4. The van der Waals surface area contributed by atoms with Crippen LogP contribution in [0.1, 0.15) is 20.8 Å². The Kier molecular flexibility index (Phi) is 6.07. The van der Waals surface area contributed by atoms with E-state index in [1.165, 1.54) is 19.1 Å². The van der Waals surface area contributed by atoms with Crippen LogP contribution in [0, 0.1) is 5.92 Å². The van der Waals surface area contributed by atoms with Crippen LogP contribution in [0.25, 0.3) is 0 Å². The SMILES string of the molecule is CC(C)[C@H](NS(=O)(=O)c1ccccc1)C(=O)N[C@@H](C)C(N)=O. The molecule has 0 radical (unpaired) electrons. The summed E-state index contributed by atoms with van der Waals surface area (Å²) in [6.45, 7) is 4.84. The minimum atomic E-state index is -3.83. The molecular formula is C14H21N3O4S. The summed E-state index contributed by atoms with van der Waals surface area (Å²) in [5, 5.41) is 2.39. The molecule has 0 aliphatic carbocycles. The number of carbonyl (C=O) groups excluding carboxylic acids is 2. The number of carbonyl (C=O) groups is 2. The van der Waals surface area contributed by atoms with Crippen LogP contribution in [0.4, 0.5) is 0 Å². The van der Waals surface area contributed by atoms with Crippen molar-refractivity contribution in [1.29, 1.82) is 0 Å². The first-order valence-corrected chi connectivity index (χ1v) is 8.30. The predicted molar refractivity (Wildman–Crippen MR) is 82.2 cm³/mol. The van der Waals surface area contributed by atoms with Gasteiger partial charge in [0.25, 0.3) is 0 Å². The molecule has 0 unspecified atom stereocenters. The molecule has 0 spiro atoms. The summed E-state index contributed by atoms with van der Waals surface area (Å²) in [5.41, 5.74) is 5.09. The molecule has 22 heavy (non-hydrogen) atoms. The first kappa shape index (κ1) is 18.1. The van der Waals surface area contributed by atoms with E-state index in [9.17, 15) is 18.0 Å². The first-order chi connectivity index (χ1) is 10.1. The average Bonchev–Trinajstić information content (AvgIpc) is 2.45. The fraction of sp³-hybridized carbons (Fsp3) is 0.429. The third-order valence-electron chi connectivity index (χ3n) is 3.07. The summed E-state index contributed by atoms with van der Waals surface area (Å²) < 4.78 is 26.9. The zero-order valence-electron chi connectivity index (χ0n) is 12.7. The molecule has 1 aromatic rings. The van der Waals surface area contributed by atoms with Gasteiger partial charge in [-0.2, -0.15) is 4.72 Å². The highest BCUT2D eigenvalue weighted by Crippen LogP contribution is 2.11. The van der Waals surface area contributed by atoms with E-state index in [0.717, 1.165) is 0 Å². The Hall–Kier alpha value is -1.93. The van der Waals surface area contributed by atoms with Gasteiger partial charge in [0.1, 0.15) is 12.1 Å². The lowest BCUT2D eigenvalue weighted by molar-refractivity contribution is -0.128. The van der Waals surface area contributed by atoms with Crippen molar-refractivity contribution >= 4 is 21.8 Å². The van der Waals surface area contributed by atoms with Gasteiger partial charge < -0.3 is 11.1 Å². The van der Waals surface area contributed by atoms with Gasteiger partial charge >= 0.3 is 0 Å². The number of rotatable bonds is 7. The van der Waals surface area contributed by atoms with E-state index in [2.05, 4.69) is 10.0 Å². The van der Waals surface area contributed by atoms with Crippen LogP contribution in [0.5, 0.6) is 0 Å². The molecule has 0 saturated heterocycles. The second-order valence-corrected chi connectivity index (χ2v) is 7.00. The van der Waals surface area contributed by atoms with Gasteiger partial charge in [-0.15, -0.1) is 0 Å². The van der Waals surface area contributed by atoms with Crippen LogP contribution in [0.15, 0.2) is 35.2 Å². The van der Waals surface area contributed by atoms with Crippen molar-refractivity contribution in [3.05, 3.63) is 30.3 Å². The standard InChI is InChI=1S/C14H21N3O4S/c1-9(2)12(14(19)16-10(3)13(15)18)17-22(20,21)11-7-5-4-6-8-11/h4-10,12,17H,1-3H3,(H2,15,18)(H,16,19)/t10-,12-/m0/s1. The Morgan fingerprint density at radius 1 is 1.09 bits per heavy atom. The quantitative estimate of drug-likeness (QED) is 0.652. The van der Waals surface area contributed by atoms with Gasteiger partial charge in [0.15, 0.2) is 0 Å². The normalized spacial score (nSPS) is 14.4. The number of sulfonamides is 1. The maximum absolute atomic E-state index is 12.3. The van der Waals surface area contributed by atoms with Crippen molar-refractivity contribution < 1.29 is 18.0 Å². The summed E-state index contributed by atoms with van der Waals surface area (Å²) in [6.07, 6.45) is 0. The molecular weight excluding hydrogens is 306 g/mol. The molecule has 0 saturated carbocycles. The minimum Gasteiger partial charge on any atom is -0.368 e. The second-order valence-electron chi connectivity index (χ2n) is 5.29. The molecule has 0 aliphatic rings. The summed E-state index contributed by atoms with van der Waals surface area (Å²) >= 11 is 0. The number of nitrogens with two attached hydrogens (primary N) is 1. The van der Waals surface area contributed by atoms with Crippen molar-refractivity contribution in [3.8, 4) is 0 Å². The monoisotopic (exact) mass is 327 g/mol. The number of primary amides is 1. The van der Waals surface area contributed by atoms with Gasteiger partial charge in [-0.25, -0.2) is 8.42 Å². The van der Waals surface area contributed by atoms with Crippen molar-refractivity contribution in [3.63, 3.8) is 0 Å². The van der Waals surface area contributed by atoms with Crippen molar-refractivity contribution in [2.45, 2.75) is 37.8 Å². The second kappa shape index (κ2) is 7.37. The van der Waals surface area contributed by atoms with Crippen molar-refractivity contribution in [2.24, 2.45) is 11.7 Å². The molecule has 1 rings (SSSR count). The van der Waals surface area contributed by atoms with Crippen LogP contribution >= 0.6 is 0 Å². The van der Waals surface area contributed by atoms with Gasteiger partial charge in [-0.3, -0.25) is 9.59 Å². The summed E-state index contributed by atoms with van der Waals surface area (Å²) in [6, 6.07) is 5.86. The van der Waals surface area contributed by atoms with Gasteiger partial charge in [0.2, 0.25) is 21.8 Å². The highest BCUT2D eigenvalue weighted by atomic mass is 32.2. The van der Waals surface area contributed by atoms with E-state index in [4.69, 9.17) is 5.73 Å². The summed E-state index contributed by atoms with van der Waals surface area (Å²) in [5.74, 6) is -1.60. The lowest BCUT2D eigenvalue weighted by Gasteiger charge is -2.23. The van der Waals surface area contributed by atoms with Gasteiger partial charge in [-0.05, 0) is 25.0 Å². The summed E-state index contributed by atoms with van der Waals surface area (Å²) in [7, 11) is -3.83. The molecule has 2 amide bonds. The van der Waals surface area contributed by atoms with E-state index < -0.39 is 33.9 Å². The maximum Gasteiger partial charge on any atom is 0.241 e. The van der Waals surface area contributed by atoms with Crippen molar-refractivity contribution in [2.75, 3.05) is 0 Å². The molecule has 0 aliphatic heterocycles. The number of nitrogens with one attached hydrogen (secondary N) is 2. The van der Waals surface area contributed by atoms with Crippen LogP contribution in [0.2, 0.25) is 0 Å². The van der Waals surface area contributed by atoms with Crippen LogP contribution in [-0.4, -0.2) is 32.3 Å². The molecule has 7 nitrogen and oxygen atoms in total. The molecule has 8 heteroatoms. The Labute approximate surface area is 130 Å². The minimum absolute atomic E-state index is 0.0661. The third-order valence-corrected chi connectivity index (χ3v) is 4.53. The van der Waals surface area contributed by atoms with E-state index >= 15 is 0 Å². The zero-order valence-corrected chi connectivity index (χ0v) is 13.6. The fourth-order valence-electron chi connectivity index (χ4n) is 1.70. The first-order valence-electron chi connectivity index (χ1n) is 6.82. The van der Waals surface area contributed by atoms with Crippen LogP contribution in [0.3, 0.4) is 0 Å². The predicted octanol–water partition coefficient (Wildman–Crippen LogP) is -0.0205. The zero-order chi connectivity index (χ0) is 16.9. The molecule has 1 aromatic carbocycles. The van der Waals surface area contributed by atoms with E-state index in [1.54, 1.807) is 32.0 Å². The maximum atomic E-state index is 12.3. The van der Waals surface area contributed by atoms with Crippen LogP contribution < -0.4 is 15.8 Å². The highest BCUT2D eigenvalue weighted by molar-refractivity contribution is 7.89. The van der Waals surface area contributed by atoms with E-state index in [0.29, 0.717) is 0 Å². The molecule has 0 bridgehead atoms. The lowest BCUT2D eigenvalue weighted by Crippen LogP contribution is -2.53. The Morgan fingerprint density at radius 3 is 2.09 bits per heavy atom. The molecule has 0 fully saturated rings. The van der Waals surface area contributed by atoms with E-state index in [-0.39, 0.29) is 10.8 Å². The Bertz CT molecular complexity index is 629. The van der Waals surface area contributed by atoms with Gasteiger partial charge in [-0.1, -0.05) is 32.0 Å². The van der Waals surface area contributed by atoms with Crippen LogP contribution in [-0.2, 0) is 19.6 Å². The molecule has 0 heterocycles. The largest absolute Gasteiger partial charge is 0.368 e. The van der Waals surface area contributed by atoms with Gasteiger partial charge in [0, 0.05) is 0 Å². The smallest absolute Gasteiger partial charge is 0.241 e. The molecule has 4 N–H and O–H groups in total. The molecule has 0 aromatic heterocycles. The topological polar surface area (TPSA) is 118 Å². The van der Waals surface area contributed by atoms with E-state index in [1.807, 2.05) is 0 Å². The number of benzene rings is 1. The number of hydrogen-bond donors (Lipinski definition) is 3. The molecule has 122 valence electrons. The average molecular weight is 327 g/mol. The van der Waals surface area contributed by atoms with Gasteiger partial charge in [0.05, 0.1) is 4.90 Å². The highest BCUT2D eigenvalue weighted by Gasteiger charge is 2.29. The lowest BCUT2D eigenvalue weighted by atomic mass is 10.0.